The molecule has 2 aromatic rings. The highest BCUT2D eigenvalue weighted by atomic mass is 16.5. The smallest absolute Gasteiger partial charge is 0.433 e. The predicted molar refractivity (Wildman–Crippen MR) is 117 cm³/mol. The van der Waals surface area contributed by atoms with E-state index in [9.17, 15) is 9.59 Å². The highest BCUT2D eigenvalue weighted by Crippen LogP contribution is 2.22. The number of fused-ring (bicyclic) bond motifs is 1. The number of carbonyl (C=O) groups is 2. The fourth-order valence-electron chi connectivity index (χ4n) is 2.99. The summed E-state index contributed by atoms with van der Waals surface area (Å²) in [6, 6.07) is 12.7. The van der Waals surface area contributed by atoms with Crippen LogP contribution in [0.5, 0.6) is 5.75 Å². The normalized spacial score (nSPS) is 13.8. The van der Waals surface area contributed by atoms with E-state index in [2.05, 4.69) is 10.3 Å². The molecule has 1 aliphatic carbocycles. The SMILES string of the molecule is CC(C)Oc1cccc(NC(=O)c2ccc3c(c2)C=CC(=NC(=O)OCCN)C3)c1. The number of hydrogen-bond donors (Lipinski definition) is 2. The summed E-state index contributed by atoms with van der Waals surface area (Å²) in [6.45, 7) is 4.30. The van der Waals surface area contributed by atoms with Crippen LogP contribution in [0.3, 0.4) is 0 Å². The molecule has 156 valence electrons. The Labute approximate surface area is 175 Å². The van der Waals surface area contributed by atoms with Crippen molar-refractivity contribution in [2.24, 2.45) is 10.7 Å². The van der Waals surface area contributed by atoms with Crippen LogP contribution < -0.4 is 15.8 Å². The minimum Gasteiger partial charge on any atom is -0.491 e. The van der Waals surface area contributed by atoms with Gasteiger partial charge in [0.15, 0.2) is 0 Å². The molecule has 0 unspecified atom stereocenters. The average molecular weight is 407 g/mol. The Balaban J connectivity index is 1.69. The zero-order valence-corrected chi connectivity index (χ0v) is 17.1. The lowest BCUT2D eigenvalue weighted by atomic mass is 9.94. The van der Waals surface area contributed by atoms with Gasteiger partial charge >= 0.3 is 6.09 Å². The van der Waals surface area contributed by atoms with Gasteiger partial charge in [-0.2, -0.15) is 4.99 Å². The van der Waals surface area contributed by atoms with Gasteiger partial charge in [-0.1, -0.05) is 18.2 Å². The molecule has 0 fully saturated rings. The lowest BCUT2D eigenvalue weighted by Gasteiger charge is -2.14. The van der Waals surface area contributed by atoms with E-state index in [1.54, 1.807) is 18.2 Å². The molecule has 0 heterocycles. The third-order valence-corrected chi connectivity index (χ3v) is 4.28. The van der Waals surface area contributed by atoms with Crippen LogP contribution in [0.15, 0.2) is 53.5 Å². The van der Waals surface area contributed by atoms with Gasteiger partial charge in [0.05, 0.1) is 11.8 Å². The van der Waals surface area contributed by atoms with Crippen molar-refractivity contribution in [3.05, 3.63) is 65.2 Å². The Morgan fingerprint density at radius 1 is 1.17 bits per heavy atom. The molecule has 0 atom stereocenters. The Morgan fingerprint density at radius 2 is 2.00 bits per heavy atom. The molecule has 2 aromatic carbocycles. The summed E-state index contributed by atoms with van der Waals surface area (Å²) in [7, 11) is 0. The quantitative estimate of drug-likeness (QED) is 0.757. The molecule has 2 amide bonds. The van der Waals surface area contributed by atoms with E-state index in [-0.39, 0.29) is 25.2 Å². The van der Waals surface area contributed by atoms with Crippen LogP contribution in [0, 0.1) is 0 Å². The van der Waals surface area contributed by atoms with Gasteiger partial charge in [-0.3, -0.25) is 4.79 Å². The number of hydrogen-bond acceptors (Lipinski definition) is 5. The third-order valence-electron chi connectivity index (χ3n) is 4.28. The number of benzene rings is 2. The molecule has 0 saturated carbocycles. The predicted octanol–water partition coefficient (Wildman–Crippen LogP) is 3.83. The Hall–Kier alpha value is -3.45. The summed E-state index contributed by atoms with van der Waals surface area (Å²) in [4.78, 5) is 28.2. The van der Waals surface area contributed by atoms with Crippen LogP contribution >= 0.6 is 0 Å². The lowest BCUT2D eigenvalue weighted by Crippen LogP contribution is -2.15. The number of nitrogens with two attached hydrogens (primary N) is 1. The van der Waals surface area contributed by atoms with E-state index in [1.165, 1.54) is 0 Å². The molecule has 0 aromatic heterocycles. The summed E-state index contributed by atoms with van der Waals surface area (Å²) in [5, 5.41) is 2.89. The van der Waals surface area contributed by atoms with Crippen LogP contribution in [-0.4, -0.2) is 37.0 Å². The second-order valence-electron chi connectivity index (χ2n) is 7.08. The van der Waals surface area contributed by atoms with Crippen molar-refractivity contribution in [1.82, 2.24) is 0 Å². The highest BCUT2D eigenvalue weighted by molar-refractivity contribution is 6.08. The maximum atomic E-state index is 12.7. The maximum Gasteiger partial charge on any atom is 0.433 e. The number of anilines is 1. The van der Waals surface area contributed by atoms with Crippen LogP contribution in [-0.2, 0) is 11.2 Å². The molecule has 3 rings (SSSR count). The molecule has 0 spiro atoms. The van der Waals surface area contributed by atoms with Gasteiger partial charge in [0, 0.05) is 30.3 Å². The van der Waals surface area contributed by atoms with Crippen molar-refractivity contribution in [3.8, 4) is 5.75 Å². The van der Waals surface area contributed by atoms with Crippen molar-refractivity contribution in [3.63, 3.8) is 0 Å². The van der Waals surface area contributed by atoms with Gasteiger partial charge in [-0.05, 0) is 55.3 Å². The number of nitrogens with one attached hydrogen (secondary N) is 1. The van der Waals surface area contributed by atoms with E-state index < -0.39 is 6.09 Å². The molecular weight excluding hydrogens is 382 g/mol. The lowest BCUT2D eigenvalue weighted by molar-refractivity contribution is 0.102. The van der Waals surface area contributed by atoms with Crippen molar-refractivity contribution in [2.45, 2.75) is 26.4 Å². The number of amides is 2. The largest absolute Gasteiger partial charge is 0.491 e. The maximum absolute atomic E-state index is 12.7. The molecular formula is C23H25N3O4. The number of aliphatic imine (C=N–C) groups is 1. The van der Waals surface area contributed by atoms with Crippen molar-refractivity contribution < 1.29 is 19.1 Å². The van der Waals surface area contributed by atoms with E-state index >= 15 is 0 Å². The number of carbonyl (C=O) groups excluding carboxylic acids is 2. The van der Waals surface area contributed by atoms with E-state index in [0.717, 1.165) is 11.1 Å². The van der Waals surface area contributed by atoms with E-state index in [4.69, 9.17) is 15.2 Å². The molecule has 0 bridgehead atoms. The highest BCUT2D eigenvalue weighted by Gasteiger charge is 2.14. The number of ether oxygens (including phenoxy) is 2. The summed E-state index contributed by atoms with van der Waals surface area (Å²) in [5.74, 6) is 0.491. The van der Waals surface area contributed by atoms with Crippen LogP contribution in [0.4, 0.5) is 10.5 Å². The summed E-state index contributed by atoms with van der Waals surface area (Å²) in [5.41, 5.74) is 9.00. The first-order valence-electron chi connectivity index (χ1n) is 9.78. The molecule has 3 N–H and O–H groups in total. The topological polar surface area (TPSA) is 103 Å². The van der Waals surface area contributed by atoms with Gasteiger partial charge in [-0.25, -0.2) is 4.79 Å². The molecule has 7 nitrogen and oxygen atoms in total. The van der Waals surface area contributed by atoms with Crippen molar-refractivity contribution >= 4 is 29.5 Å². The second-order valence-corrected chi connectivity index (χ2v) is 7.08. The van der Waals surface area contributed by atoms with Gasteiger partial charge < -0.3 is 20.5 Å². The summed E-state index contributed by atoms with van der Waals surface area (Å²) in [6.07, 6.45) is 3.48. The van der Waals surface area contributed by atoms with Gasteiger partial charge in [0.1, 0.15) is 12.4 Å². The molecule has 7 heteroatoms. The first kappa shape index (κ1) is 21.3. The zero-order valence-electron chi connectivity index (χ0n) is 17.1. The average Bonchev–Trinajstić information content (AvgIpc) is 2.71. The van der Waals surface area contributed by atoms with E-state index in [0.29, 0.717) is 29.1 Å². The summed E-state index contributed by atoms with van der Waals surface area (Å²) >= 11 is 0. The van der Waals surface area contributed by atoms with E-state index in [1.807, 2.05) is 50.3 Å². The second kappa shape index (κ2) is 9.84. The minimum atomic E-state index is -0.650. The van der Waals surface area contributed by atoms with Gasteiger partial charge in [0.25, 0.3) is 5.91 Å². The third kappa shape index (κ3) is 5.78. The van der Waals surface area contributed by atoms with Crippen LogP contribution in [0.2, 0.25) is 0 Å². The van der Waals surface area contributed by atoms with Crippen LogP contribution in [0.25, 0.3) is 6.08 Å². The Bertz CT molecular complexity index is 996. The minimum absolute atomic E-state index is 0.0549. The van der Waals surface area contributed by atoms with Crippen molar-refractivity contribution in [2.75, 3.05) is 18.5 Å². The number of rotatable bonds is 6. The standard InChI is InChI=1S/C23H25N3O4/c1-15(2)30-21-5-3-4-19(14-21)25-22(27)18-7-6-17-13-20(9-8-16(17)12-18)26-23(28)29-11-10-24/h3-9,12,14-15H,10-11,13,24H2,1-2H3,(H,25,27). The Morgan fingerprint density at radius 3 is 2.77 bits per heavy atom. The zero-order chi connectivity index (χ0) is 21.5. The molecule has 0 aliphatic heterocycles. The van der Waals surface area contributed by atoms with Crippen LogP contribution in [0.1, 0.15) is 35.3 Å². The Kier molecular flexibility index (Phi) is 6.98. The fourth-order valence-corrected chi connectivity index (χ4v) is 2.99. The molecule has 30 heavy (non-hydrogen) atoms. The monoisotopic (exact) mass is 407 g/mol. The van der Waals surface area contributed by atoms with Gasteiger partial charge in [0.2, 0.25) is 0 Å². The number of allylic oxidation sites excluding steroid dienone is 1. The summed E-state index contributed by atoms with van der Waals surface area (Å²) < 4.78 is 10.5. The molecule has 1 aliphatic rings. The first-order chi connectivity index (χ1) is 14.4. The number of nitrogens with zero attached hydrogens (tertiary/aromatic N) is 1. The fraction of sp³-hybridized carbons (Fsp3) is 0.261. The first-order valence-corrected chi connectivity index (χ1v) is 9.78. The molecule has 0 radical (unpaired) electrons. The van der Waals surface area contributed by atoms with Gasteiger partial charge in [-0.15, -0.1) is 0 Å². The molecule has 0 saturated heterocycles. The van der Waals surface area contributed by atoms with Crippen molar-refractivity contribution in [1.29, 1.82) is 0 Å².